The van der Waals surface area contributed by atoms with Crippen molar-refractivity contribution in [1.82, 2.24) is 0 Å². The number of carbonyl (C=O) groups is 1. The molecule has 0 aromatic heterocycles. The van der Waals surface area contributed by atoms with Crippen molar-refractivity contribution in [3.05, 3.63) is 167 Å². The number of hydrogen-bond donors (Lipinski definition) is 2. The smallest absolute Gasteiger partial charge is 0.264 e. The summed E-state index contributed by atoms with van der Waals surface area (Å²) in [5.74, 6) is -0.536. The summed E-state index contributed by atoms with van der Waals surface area (Å²) in [5, 5.41) is 4.64. The van der Waals surface area contributed by atoms with E-state index < -0.39 is 31.1 Å². The molecule has 0 fully saturated rings. The molecular weight excluding hydrogens is 853 g/mol. The zero-order chi connectivity index (χ0) is 46.1. The third-order valence-electron chi connectivity index (χ3n) is 13.6. The second kappa shape index (κ2) is 18.4. The lowest BCUT2D eigenvalue weighted by Gasteiger charge is -2.28. The van der Waals surface area contributed by atoms with Crippen LogP contribution in [0.3, 0.4) is 0 Å². The van der Waals surface area contributed by atoms with Crippen molar-refractivity contribution >= 4 is 64.7 Å². The van der Waals surface area contributed by atoms with Crippen LogP contribution in [0.5, 0.6) is 0 Å². The van der Waals surface area contributed by atoms with Gasteiger partial charge in [0.2, 0.25) is 5.69 Å². The number of hydrogen-bond acceptors (Lipinski definition) is 6. The van der Waals surface area contributed by atoms with Gasteiger partial charge in [0.25, 0.3) is 20.2 Å². The van der Waals surface area contributed by atoms with E-state index in [0.29, 0.717) is 44.3 Å². The Hall–Kier alpha value is -5.46. The molecule has 0 bridgehead atoms. The minimum atomic E-state index is -4.08. The van der Waals surface area contributed by atoms with Crippen LogP contribution < -0.4 is 4.90 Å². The van der Waals surface area contributed by atoms with Gasteiger partial charge in [0, 0.05) is 59.5 Å². The van der Waals surface area contributed by atoms with Crippen molar-refractivity contribution in [2.24, 2.45) is 0 Å². The van der Waals surface area contributed by atoms with Gasteiger partial charge in [-0.1, -0.05) is 111 Å². The summed E-state index contributed by atoms with van der Waals surface area (Å²) in [6.45, 7) is 10.1. The van der Waals surface area contributed by atoms with Crippen LogP contribution in [0.2, 0.25) is 0 Å². The Bertz CT molecular complexity index is 3070. The first-order chi connectivity index (χ1) is 30.9. The van der Waals surface area contributed by atoms with Crippen molar-refractivity contribution in [3.8, 4) is 0 Å². The molecule has 65 heavy (non-hydrogen) atoms. The van der Waals surface area contributed by atoms with E-state index in [9.17, 15) is 30.7 Å². The fourth-order valence-electron chi connectivity index (χ4n) is 10.5. The zero-order valence-corrected chi connectivity index (χ0v) is 39.4. The summed E-state index contributed by atoms with van der Waals surface area (Å²) in [6, 6.07) is 34.8. The van der Waals surface area contributed by atoms with E-state index in [1.807, 2.05) is 42.5 Å². The average molecular weight is 912 g/mol. The molecule has 0 spiro atoms. The van der Waals surface area contributed by atoms with Gasteiger partial charge in [0.05, 0.1) is 16.9 Å². The predicted molar refractivity (Wildman–Crippen MR) is 264 cm³/mol. The normalized spacial score (nSPS) is 18.5. The van der Waals surface area contributed by atoms with Crippen LogP contribution in [0.15, 0.2) is 150 Å². The molecule has 338 valence electrons. The molecular formula is C54H59N2O7S2+. The number of benzene rings is 5. The average Bonchev–Trinajstić information content (AvgIpc) is 3.63. The van der Waals surface area contributed by atoms with Gasteiger partial charge < -0.3 is 4.90 Å². The maximum Gasteiger partial charge on any atom is 0.264 e. The van der Waals surface area contributed by atoms with Crippen molar-refractivity contribution in [2.75, 3.05) is 29.5 Å². The summed E-state index contributed by atoms with van der Waals surface area (Å²) < 4.78 is 67.9. The number of unbranched alkanes of at least 4 members (excludes halogenated alkanes) is 2. The molecule has 5 aromatic carbocycles. The van der Waals surface area contributed by atoms with Crippen molar-refractivity contribution in [1.29, 1.82) is 0 Å². The van der Waals surface area contributed by atoms with Gasteiger partial charge in [-0.2, -0.15) is 21.4 Å². The zero-order valence-electron chi connectivity index (χ0n) is 37.8. The highest BCUT2D eigenvalue weighted by Gasteiger charge is 2.46. The van der Waals surface area contributed by atoms with Crippen molar-refractivity contribution in [2.45, 2.75) is 89.9 Å². The Morgan fingerprint density at radius 3 is 1.97 bits per heavy atom. The van der Waals surface area contributed by atoms with Crippen LogP contribution in [0.4, 0.5) is 11.4 Å². The minimum absolute atomic E-state index is 0.0423. The van der Waals surface area contributed by atoms with E-state index in [1.54, 1.807) is 0 Å². The lowest BCUT2D eigenvalue weighted by molar-refractivity contribution is -0.438. The fraction of sp³-hybridized carbons (Fsp3) is 0.333. The molecule has 2 heterocycles. The number of nitrogens with zero attached hydrogens (tertiary/aromatic N) is 2. The summed E-state index contributed by atoms with van der Waals surface area (Å²) in [6.07, 6.45) is 13.3. The molecule has 0 amide bonds. The van der Waals surface area contributed by atoms with Gasteiger partial charge in [0.15, 0.2) is 11.5 Å². The maximum atomic E-state index is 14.2. The van der Waals surface area contributed by atoms with Gasteiger partial charge in [-0.05, 0) is 114 Å². The summed E-state index contributed by atoms with van der Waals surface area (Å²) in [4.78, 5) is 16.5. The molecule has 1 aliphatic carbocycles. The molecule has 0 saturated carbocycles. The van der Waals surface area contributed by atoms with Crippen LogP contribution in [-0.2, 0) is 31.1 Å². The standard InChI is InChI=1S/C54H58N2O7S2/c1-53(2)49(55(33-12-14-35-64(58,59)60)46-29-25-38-17-8-10-23-43(38)51(46)53)31-27-40-21-16-22-41(45(40)37-48(57)42-19-6-5-7-20-42)28-32-50-54(3,4)52-44-24-11-9-18-39(44)26-30-47(52)56(50)34-13-15-36-65(61,62)63/h5-11,17-20,23-32H,12-16,21-22,33-37H2,1-4H3,(H-,58,59,60,61,62,63)/p+1. The van der Waals surface area contributed by atoms with Gasteiger partial charge in [-0.3, -0.25) is 13.9 Å². The number of ketones is 1. The lowest BCUT2D eigenvalue weighted by Crippen LogP contribution is -2.28. The molecule has 8 rings (SSSR count). The Morgan fingerprint density at radius 2 is 1.29 bits per heavy atom. The maximum absolute atomic E-state index is 14.2. The highest BCUT2D eigenvalue weighted by molar-refractivity contribution is 7.86. The van der Waals surface area contributed by atoms with Crippen molar-refractivity contribution < 1.29 is 35.3 Å². The lowest BCUT2D eigenvalue weighted by atomic mass is 9.78. The molecule has 2 N–H and O–H groups in total. The quantitative estimate of drug-likeness (QED) is 0.0433. The first-order valence-corrected chi connectivity index (χ1v) is 25.9. The summed E-state index contributed by atoms with van der Waals surface area (Å²) in [5.41, 5.74) is 9.80. The molecule has 9 nitrogen and oxygen atoms in total. The number of allylic oxidation sites excluding steroid dienone is 8. The van der Waals surface area contributed by atoms with E-state index in [2.05, 4.69) is 122 Å². The SMILES string of the molecule is CC1(C)C(/C=C/C2=C(CC(=O)c3ccccc3)C(=C/C=C3/N(CCCCS(=O)(=O)O)c4ccc5ccccc5c4C3(C)C)/CCC2)=[N+](CCCCS(=O)(=O)O)c2ccc3ccccc3c21. The second-order valence-corrected chi connectivity index (χ2v) is 21.8. The summed E-state index contributed by atoms with van der Waals surface area (Å²) >= 11 is 0. The van der Waals surface area contributed by atoms with Crippen LogP contribution in [0.25, 0.3) is 21.5 Å². The van der Waals surface area contributed by atoms with Gasteiger partial charge in [0.1, 0.15) is 6.54 Å². The Kier molecular flexibility index (Phi) is 13.1. The Balaban J connectivity index is 1.23. The third-order valence-corrected chi connectivity index (χ3v) is 15.2. The first kappa shape index (κ1) is 46.1. The molecule has 11 heteroatoms. The molecule has 0 saturated heterocycles. The van der Waals surface area contributed by atoms with Gasteiger partial charge in [-0.25, -0.2) is 0 Å². The van der Waals surface area contributed by atoms with Crippen LogP contribution >= 0.6 is 0 Å². The molecule has 5 aromatic rings. The Morgan fingerprint density at radius 1 is 0.677 bits per heavy atom. The monoisotopic (exact) mass is 911 g/mol. The first-order valence-electron chi connectivity index (χ1n) is 22.7. The molecule has 3 aliphatic rings. The van der Waals surface area contributed by atoms with Crippen LogP contribution in [0, 0.1) is 0 Å². The second-order valence-electron chi connectivity index (χ2n) is 18.7. The van der Waals surface area contributed by atoms with Crippen LogP contribution in [-0.4, -0.2) is 66.6 Å². The number of rotatable bonds is 16. The minimum Gasteiger partial charge on any atom is -0.344 e. The van der Waals surface area contributed by atoms with E-state index >= 15 is 0 Å². The number of carbonyl (C=O) groups excluding carboxylic acids is 1. The van der Waals surface area contributed by atoms with Crippen LogP contribution in [0.1, 0.15) is 101 Å². The largest absolute Gasteiger partial charge is 0.344 e. The van der Waals surface area contributed by atoms with E-state index in [-0.39, 0.29) is 23.7 Å². The Labute approximate surface area is 384 Å². The fourth-order valence-corrected chi connectivity index (χ4v) is 11.6. The third kappa shape index (κ3) is 9.75. The predicted octanol–water partition coefficient (Wildman–Crippen LogP) is 11.6. The van der Waals surface area contributed by atoms with E-state index in [1.165, 1.54) is 21.9 Å². The number of fused-ring (bicyclic) bond motifs is 6. The molecule has 0 atom stereocenters. The number of Topliss-reactive ketones (excluding diaryl/α,β-unsaturated/α-hetero) is 1. The highest BCUT2D eigenvalue weighted by atomic mass is 32.2. The molecule has 0 radical (unpaired) electrons. The summed E-state index contributed by atoms with van der Waals surface area (Å²) in [7, 11) is -8.16. The topological polar surface area (TPSA) is 132 Å². The van der Waals surface area contributed by atoms with E-state index in [4.69, 9.17) is 0 Å². The highest BCUT2D eigenvalue weighted by Crippen LogP contribution is 2.51. The van der Waals surface area contributed by atoms with Crippen molar-refractivity contribution in [3.63, 3.8) is 0 Å². The molecule has 2 aliphatic heterocycles. The van der Waals surface area contributed by atoms with Gasteiger partial charge in [-0.15, -0.1) is 0 Å². The van der Waals surface area contributed by atoms with Gasteiger partial charge >= 0.3 is 0 Å². The number of anilines is 1. The van der Waals surface area contributed by atoms with E-state index in [0.717, 1.165) is 69.5 Å². The molecule has 0 unspecified atom stereocenters.